The molecule has 2 rings (SSSR count). The van der Waals surface area contributed by atoms with Crippen LogP contribution in [0.4, 0.5) is 4.39 Å². The van der Waals surface area contributed by atoms with Gasteiger partial charge >= 0.3 is 0 Å². The minimum Gasteiger partial charge on any atom is -0.312 e. The molecular weight excluding hydrogens is 241 g/mol. The summed E-state index contributed by atoms with van der Waals surface area (Å²) in [6, 6.07) is 3.80. The zero-order chi connectivity index (χ0) is 13.8. The molecule has 0 aliphatic rings. The van der Waals surface area contributed by atoms with E-state index in [1.807, 2.05) is 50.1 Å². The van der Waals surface area contributed by atoms with Crippen molar-refractivity contribution in [3.8, 4) is 0 Å². The van der Waals surface area contributed by atoms with Crippen LogP contribution in [0.1, 0.15) is 22.3 Å². The van der Waals surface area contributed by atoms with E-state index in [0.717, 1.165) is 25.1 Å². The fourth-order valence-corrected chi connectivity index (χ4v) is 2.20. The van der Waals surface area contributed by atoms with Gasteiger partial charge in [0.05, 0.1) is 6.20 Å². The number of halogens is 1. The van der Waals surface area contributed by atoms with Gasteiger partial charge in [-0.2, -0.15) is 5.10 Å². The number of aromatic nitrogens is 2. The van der Waals surface area contributed by atoms with Gasteiger partial charge < -0.3 is 5.32 Å². The van der Waals surface area contributed by atoms with Gasteiger partial charge in [-0.25, -0.2) is 4.39 Å². The molecule has 1 N–H and O–H groups in total. The Hall–Kier alpha value is -1.68. The third kappa shape index (κ3) is 3.64. The van der Waals surface area contributed by atoms with Gasteiger partial charge in [0.2, 0.25) is 0 Å². The van der Waals surface area contributed by atoms with Gasteiger partial charge in [-0.1, -0.05) is 12.1 Å². The van der Waals surface area contributed by atoms with Gasteiger partial charge in [0.25, 0.3) is 0 Å². The summed E-state index contributed by atoms with van der Waals surface area (Å²) in [6.07, 6.45) is 4.86. The molecule has 3 nitrogen and oxygen atoms in total. The van der Waals surface area contributed by atoms with Gasteiger partial charge in [0, 0.05) is 19.8 Å². The van der Waals surface area contributed by atoms with Gasteiger partial charge in [0.1, 0.15) is 5.82 Å². The molecule has 0 spiro atoms. The summed E-state index contributed by atoms with van der Waals surface area (Å²) in [6.45, 7) is 5.27. The van der Waals surface area contributed by atoms with Crippen molar-refractivity contribution in [1.29, 1.82) is 0 Å². The Balaban J connectivity index is 1.83. The van der Waals surface area contributed by atoms with Crippen LogP contribution in [-0.2, 0) is 20.0 Å². The molecule has 2 aromatic rings. The SMILES string of the molecule is Cc1cc(CNCCc2cnn(C)c2)cc(C)c1F. The van der Waals surface area contributed by atoms with E-state index in [4.69, 9.17) is 0 Å². The summed E-state index contributed by atoms with van der Waals surface area (Å²) >= 11 is 0. The minimum atomic E-state index is -0.0980. The molecule has 0 atom stereocenters. The summed E-state index contributed by atoms with van der Waals surface area (Å²) in [5.74, 6) is -0.0980. The number of hydrogen-bond acceptors (Lipinski definition) is 2. The highest BCUT2D eigenvalue weighted by Gasteiger charge is 2.04. The molecule has 0 aliphatic heterocycles. The smallest absolute Gasteiger partial charge is 0.129 e. The van der Waals surface area contributed by atoms with E-state index in [1.165, 1.54) is 5.56 Å². The molecular formula is C15H20FN3. The topological polar surface area (TPSA) is 29.9 Å². The Morgan fingerprint density at radius 3 is 2.47 bits per heavy atom. The summed E-state index contributed by atoms with van der Waals surface area (Å²) < 4.78 is 15.3. The fraction of sp³-hybridized carbons (Fsp3) is 0.400. The van der Waals surface area contributed by atoms with Crippen LogP contribution in [0.2, 0.25) is 0 Å². The Bertz CT molecular complexity index is 537. The van der Waals surface area contributed by atoms with Gasteiger partial charge in [-0.15, -0.1) is 0 Å². The summed E-state index contributed by atoms with van der Waals surface area (Å²) in [4.78, 5) is 0. The molecule has 0 amide bonds. The quantitative estimate of drug-likeness (QED) is 0.838. The Morgan fingerprint density at radius 2 is 1.89 bits per heavy atom. The summed E-state index contributed by atoms with van der Waals surface area (Å²) in [5, 5.41) is 7.51. The average Bonchev–Trinajstić information content (AvgIpc) is 2.77. The zero-order valence-corrected chi connectivity index (χ0v) is 11.7. The first-order valence-electron chi connectivity index (χ1n) is 6.50. The number of aryl methyl sites for hydroxylation is 3. The number of nitrogens with zero attached hydrogens (tertiary/aromatic N) is 2. The van der Waals surface area contributed by atoms with Crippen LogP contribution >= 0.6 is 0 Å². The standard InChI is InChI=1S/C15H20FN3/c1-11-6-14(7-12(2)15(11)16)8-17-5-4-13-9-18-19(3)10-13/h6-7,9-10,17H,4-5,8H2,1-3H3. The lowest BCUT2D eigenvalue weighted by Gasteiger charge is -2.08. The fourth-order valence-electron chi connectivity index (χ4n) is 2.20. The lowest BCUT2D eigenvalue weighted by molar-refractivity contribution is 0.606. The predicted octanol–water partition coefficient (Wildman–Crippen LogP) is 2.51. The lowest BCUT2D eigenvalue weighted by Crippen LogP contribution is -2.16. The van der Waals surface area contributed by atoms with Crippen LogP contribution < -0.4 is 5.32 Å². The molecule has 102 valence electrons. The number of hydrogen-bond donors (Lipinski definition) is 1. The predicted molar refractivity (Wildman–Crippen MR) is 74.5 cm³/mol. The van der Waals surface area contributed by atoms with Gasteiger partial charge in [-0.3, -0.25) is 4.68 Å². The Kier molecular flexibility index (Phi) is 4.32. The van der Waals surface area contributed by atoms with E-state index in [1.54, 1.807) is 0 Å². The Morgan fingerprint density at radius 1 is 1.21 bits per heavy atom. The van der Waals surface area contributed by atoms with Crippen LogP contribution in [-0.4, -0.2) is 16.3 Å². The van der Waals surface area contributed by atoms with Crippen molar-refractivity contribution >= 4 is 0 Å². The molecule has 0 unspecified atom stereocenters. The van der Waals surface area contributed by atoms with Crippen LogP contribution in [0.3, 0.4) is 0 Å². The molecule has 0 bridgehead atoms. The molecule has 0 fully saturated rings. The first kappa shape index (κ1) is 13.7. The zero-order valence-electron chi connectivity index (χ0n) is 11.7. The summed E-state index contributed by atoms with van der Waals surface area (Å²) in [7, 11) is 1.92. The maximum absolute atomic E-state index is 13.5. The van der Waals surface area contributed by atoms with E-state index in [2.05, 4.69) is 10.4 Å². The first-order chi connectivity index (χ1) is 9.06. The van der Waals surface area contributed by atoms with Gasteiger partial charge in [-0.05, 0) is 49.1 Å². The van der Waals surface area contributed by atoms with Crippen LogP contribution in [0.25, 0.3) is 0 Å². The second kappa shape index (κ2) is 5.97. The van der Waals surface area contributed by atoms with Crippen molar-refractivity contribution in [3.05, 3.63) is 52.6 Å². The monoisotopic (exact) mass is 261 g/mol. The molecule has 0 aliphatic carbocycles. The maximum Gasteiger partial charge on any atom is 0.129 e. The minimum absolute atomic E-state index is 0.0980. The second-order valence-electron chi connectivity index (χ2n) is 4.99. The molecule has 1 heterocycles. The number of nitrogens with one attached hydrogen (secondary N) is 1. The average molecular weight is 261 g/mol. The van der Waals surface area contributed by atoms with Crippen molar-refractivity contribution in [2.45, 2.75) is 26.8 Å². The van der Waals surface area contributed by atoms with Crippen molar-refractivity contribution in [2.24, 2.45) is 7.05 Å². The lowest BCUT2D eigenvalue weighted by atomic mass is 10.1. The normalized spacial score (nSPS) is 10.9. The second-order valence-corrected chi connectivity index (χ2v) is 4.99. The van der Waals surface area contributed by atoms with Crippen molar-refractivity contribution in [3.63, 3.8) is 0 Å². The maximum atomic E-state index is 13.5. The molecule has 1 aromatic heterocycles. The van der Waals surface area contributed by atoms with Crippen LogP contribution in [0.5, 0.6) is 0 Å². The van der Waals surface area contributed by atoms with Crippen LogP contribution in [0, 0.1) is 19.7 Å². The van der Waals surface area contributed by atoms with E-state index in [9.17, 15) is 4.39 Å². The van der Waals surface area contributed by atoms with E-state index in [-0.39, 0.29) is 5.82 Å². The van der Waals surface area contributed by atoms with E-state index < -0.39 is 0 Å². The molecule has 19 heavy (non-hydrogen) atoms. The summed E-state index contributed by atoms with van der Waals surface area (Å²) in [5.41, 5.74) is 3.78. The highest BCUT2D eigenvalue weighted by atomic mass is 19.1. The van der Waals surface area contributed by atoms with Crippen molar-refractivity contribution in [2.75, 3.05) is 6.54 Å². The third-order valence-electron chi connectivity index (χ3n) is 3.17. The van der Waals surface area contributed by atoms with Crippen molar-refractivity contribution in [1.82, 2.24) is 15.1 Å². The first-order valence-corrected chi connectivity index (χ1v) is 6.50. The highest BCUT2D eigenvalue weighted by Crippen LogP contribution is 2.14. The molecule has 0 saturated carbocycles. The molecule has 1 aromatic carbocycles. The van der Waals surface area contributed by atoms with Crippen molar-refractivity contribution < 1.29 is 4.39 Å². The number of benzene rings is 1. The highest BCUT2D eigenvalue weighted by molar-refractivity contribution is 5.30. The van der Waals surface area contributed by atoms with Gasteiger partial charge in [0.15, 0.2) is 0 Å². The number of rotatable bonds is 5. The van der Waals surface area contributed by atoms with E-state index in [0.29, 0.717) is 11.1 Å². The third-order valence-corrected chi connectivity index (χ3v) is 3.17. The molecule has 4 heteroatoms. The largest absolute Gasteiger partial charge is 0.312 e. The Labute approximate surface area is 113 Å². The molecule has 0 radical (unpaired) electrons. The molecule has 0 saturated heterocycles. The van der Waals surface area contributed by atoms with Crippen LogP contribution in [0.15, 0.2) is 24.5 Å². The van der Waals surface area contributed by atoms with E-state index >= 15 is 0 Å².